The Kier molecular flexibility index (Phi) is 4.88. The summed E-state index contributed by atoms with van der Waals surface area (Å²) in [5.41, 5.74) is 1.22. The standard InChI is InChI=1S/C17H21NO2/c1-4-18(5-2)14-6-8-16(9-7-14)20-17-12-10-15(19-3)11-13-17/h6-13H,4-5H2,1-3H3. The maximum atomic E-state index is 5.81. The predicted octanol–water partition coefficient (Wildman–Crippen LogP) is 4.33. The molecule has 20 heavy (non-hydrogen) atoms. The van der Waals surface area contributed by atoms with Gasteiger partial charge in [0.2, 0.25) is 0 Å². The first-order valence-electron chi connectivity index (χ1n) is 6.93. The number of ether oxygens (including phenoxy) is 2. The number of rotatable bonds is 6. The van der Waals surface area contributed by atoms with Gasteiger partial charge < -0.3 is 14.4 Å². The quantitative estimate of drug-likeness (QED) is 0.780. The van der Waals surface area contributed by atoms with E-state index < -0.39 is 0 Å². The third-order valence-electron chi connectivity index (χ3n) is 3.26. The highest BCUT2D eigenvalue weighted by Gasteiger charge is 2.02. The first kappa shape index (κ1) is 14.3. The molecule has 0 aliphatic rings. The van der Waals surface area contributed by atoms with Gasteiger partial charge in [0.1, 0.15) is 17.2 Å². The normalized spacial score (nSPS) is 10.2. The van der Waals surface area contributed by atoms with Crippen LogP contribution in [0.1, 0.15) is 13.8 Å². The predicted molar refractivity (Wildman–Crippen MR) is 83.1 cm³/mol. The molecule has 0 N–H and O–H groups in total. The van der Waals surface area contributed by atoms with Crippen LogP contribution in [0.2, 0.25) is 0 Å². The molecule has 0 spiro atoms. The molecule has 0 saturated carbocycles. The molecule has 0 heterocycles. The van der Waals surface area contributed by atoms with E-state index in [9.17, 15) is 0 Å². The van der Waals surface area contributed by atoms with Crippen molar-refractivity contribution in [3.05, 3.63) is 48.5 Å². The van der Waals surface area contributed by atoms with Gasteiger partial charge in [0.25, 0.3) is 0 Å². The lowest BCUT2D eigenvalue weighted by Gasteiger charge is -2.21. The summed E-state index contributed by atoms with van der Waals surface area (Å²) in [6.45, 7) is 6.33. The average molecular weight is 271 g/mol. The van der Waals surface area contributed by atoms with E-state index in [1.165, 1.54) is 5.69 Å². The van der Waals surface area contributed by atoms with Gasteiger partial charge in [0, 0.05) is 18.8 Å². The highest BCUT2D eigenvalue weighted by atomic mass is 16.5. The first-order chi connectivity index (χ1) is 9.76. The Morgan fingerprint density at radius 3 is 1.65 bits per heavy atom. The second-order valence-electron chi connectivity index (χ2n) is 4.44. The van der Waals surface area contributed by atoms with Gasteiger partial charge in [-0.15, -0.1) is 0 Å². The Morgan fingerprint density at radius 2 is 1.20 bits per heavy atom. The van der Waals surface area contributed by atoms with Gasteiger partial charge in [-0.05, 0) is 62.4 Å². The van der Waals surface area contributed by atoms with Crippen molar-refractivity contribution in [1.82, 2.24) is 0 Å². The SMILES string of the molecule is CCN(CC)c1ccc(Oc2ccc(OC)cc2)cc1. The summed E-state index contributed by atoms with van der Waals surface area (Å²) in [6.07, 6.45) is 0. The van der Waals surface area contributed by atoms with E-state index in [1.54, 1.807) is 7.11 Å². The van der Waals surface area contributed by atoms with Crippen molar-refractivity contribution < 1.29 is 9.47 Å². The molecule has 0 saturated heterocycles. The summed E-state index contributed by atoms with van der Waals surface area (Å²) in [5, 5.41) is 0. The van der Waals surface area contributed by atoms with Crippen molar-refractivity contribution in [1.29, 1.82) is 0 Å². The van der Waals surface area contributed by atoms with Crippen molar-refractivity contribution in [3.8, 4) is 17.2 Å². The van der Waals surface area contributed by atoms with Gasteiger partial charge in [-0.1, -0.05) is 0 Å². The lowest BCUT2D eigenvalue weighted by molar-refractivity contribution is 0.413. The molecule has 0 bridgehead atoms. The maximum absolute atomic E-state index is 5.81. The molecule has 0 unspecified atom stereocenters. The summed E-state index contributed by atoms with van der Waals surface area (Å²) in [6, 6.07) is 15.8. The third kappa shape index (κ3) is 3.44. The van der Waals surface area contributed by atoms with Crippen LogP contribution in [0.15, 0.2) is 48.5 Å². The van der Waals surface area contributed by atoms with Crippen LogP contribution < -0.4 is 14.4 Å². The molecule has 3 heteroatoms. The van der Waals surface area contributed by atoms with Crippen molar-refractivity contribution in [2.75, 3.05) is 25.1 Å². The largest absolute Gasteiger partial charge is 0.497 e. The van der Waals surface area contributed by atoms with Crippen LogP contribution in [0.5, 0.6) is 17.2 Å². The minimum atomic E-state index is 0.807. The number of benzene rings is 2. The zero-order chi connectivity index (χ0) is 14.4. The molecule has 106 valence electrons. The van der Waals surface area contributed by atoms with Crippen molar-refractivity contribution in [3.63, 3.8) is 0 Å². The number of hydrogen-bond acceptors (Lipinski definition) is 3. The number of anilines is 1. The van der Waals surface area contributed by atoms with Crippen LogP contribution in [0.25, 0.3) is 0 Å². The maximum Gasteiger partial charge on any atom is 0.127 e. The minimum absolute atomic E-state index is 0.807. The van der Waals surface area contributed by atoms with Gasteiger partial charge in [-0.3, -0.25) is 0 Å². The van der Waals surface area contributed by atoms with E-state index >= 15 is 0 Å². The molecule has 3 nitrogen and oxygen atoms in total. The van der Waals surface area contributed by atoms with E-state index in [-0.39, 0.29) is 0 Å². The van der Waals surface area contributed by atoms with Crippen molar-refractivity contribution in [2.24, 2.45) is 0 Å². The Morgan fingerprint density at radius 1 is 0.750 bits per heavy atom. The zero-order valence-corrected chi connectivity index (χ0v) is 12.3. The van der Waals surface area contributed by atoms with Crippen LogP contribution in [0.4, 0.5) is 5.69 Å². The third-order valence-corrected chi connectivity index (χ3v) is 3.26. The van der Waals surface area contributed by atoms with E-state index in [0.29, 0.717) is 0 Å². The van der Waals surface area contributed by atoms with Crippen LogP contribution in [0.3, 0.4) is 0 Å². The van der Waals surface area contributed by atoms with Gasteiger partial charge >= 0.3 is 0 Å². The Hall–Kier alpha value is -2.16. The second kappa shape index (κ2) is 6.85. The minimum Gasteiger partial charge on any atom is -0.497 e. The van der Waals surface area contributed by atoms with E-state index in [1.807, 2.05) is 36.4 Å². The highest BCUT2D eigenvalue weighted by molar-refractivity contribution is 5.49. The van der Waals surface area contributed by atoms with Crippen LogP contribution in [-0.2, 0) is 0 Å². The Bertz CT molecular complexity index is 516. The van der Waals surface area contributed by atoms with Gasteiger partial charge in [0.15, 0.2) is 0 Å². The van der Waals surface area contributed by atoms with Crippen LogP contribution >= 0.6 is 0 Å². The van der Waals surface area contributed by atoms with Gasteiger partial charge in [0.05, 0.1) is 7.11 Å². The summed E-state index contributed by atoms with van der Waals surface area (Å²) < 4.78 is 10.9. The molecule has 2 aromatic rings. The van der Waals surface area contributed by atoms with Gasteiger partial charge in [-0.25, -0.2) is 0 Å². The molecule has 0 aliphatic carbocycles. The lowest BCUT2D eigenvalue weighted by Crippen LogP contribution is -2.21. The zero-order valence-electron chi connectivity index (χ0n) is 12.3. The van der Waals surface area contributed by atoms with Crippen molar-refractivity contribution >= 4 is 5.69 Å². The summed E-state index contributed by atoms with van der Waals surface area (Å²) in [5.74, 6) is 2.47. The smallest absolute Gasteiger partial charge is 0.127 e. The molecular weight excluding hydrogens is 250 g/mol. The van der Waals surface area contributed by atoms with E-state index in [2.05, 4.69) is 30.9 Å². The highest BCUT2D eigenvalue weighted by Crippen LogP contribution is 2.25. The molecule has 0 fully saturated rings. The van der Waals surface area contributed by atoms with E-state index in [4.69, 9.17) is 9.47 Å². The lowest BCUT2D eigenvalue weighted by atomic mass is 10.2. The molecular formula is C17H21NO2. The topological polar surface area (TPSA) is 21.7 Å². The first-order valence-corrected chi connectivity index (χ1v) is 6.93. The number of hydrogen-bond donors (Lipinski definition) is 0. The van der Waals surface area contributed by atoms with Crippen LogP contribution in [0, 0.1) is 0 Å². The monoisotopic (exact) mass is 271 g/mol. The molecule has 0 atom stereocenters. The summed E-state index contributed by atoms with van der Waals surface area (Å²) >= 11 is 0. The fraction of sp³-hybridized carbons (Fsp3) is 0.294. The average Bonchev–Trinajstić information content (AvgIpc) is 2.51. The summed E-state index contributed by atoms with van der Waals surface area (Å²) in [4.78, 5) is 2.30. The fourth-order valence-corrected chi connectivity index (χ4v) is 2.09. The molecule has 0 amide bonds. The second-order valence-corrected chi connectivity index (χ2v) is 4.44. The summed E-state index contributed by atoms with van der Waals surface area (Å²) in [7, 11) is 1.65. The molecule has 2 rings (SSSR count). The fourth-order valence-electron chi connectivity index (χ4n) is 2.09. The Labute approximate surface area is 120 Å². The molecule has 0 aliphatic heterocycles. The molecule has 2 aromatic carbocycles. The van der Waals surface area contributed by atoms with Gasteiger partial charge in [-0.2, -0.15) is 0 Å². The van der Waals surface area contributed by atoms with E-state index in [0.717, 1.165) is 30.3 Å². The Balaban J connectivity index is 2.06. The molecule has 0 aromatic heterocycles. The van der Waals surface area contributed by atoms with Crippen LogP contribution in [-0.4, -0.2) is 20.2 Å². The number of methoxy groups -OCH3 is 1. The number of nitrogens with zero attached hydrogens (tertiary/aromatic N) is 1. The van der Waals surface area contributed by atoms with Crippen molar-refractivity contribution in [2.45, 2.75) is 13.8 Å². The molecule has 0 radical (unpaired) electrons.